The van der Waals surface area contributed by atoms with Gasteiger partial charge in [-0.2, -0.15) is 0 Å². The smallest absolute Gasteiger partial charge is 0.151 e. The van der Waals surface area contributed by atoms with Crippen LogP contribution >= 0.6 is 15.9 Å². The van der Waals surface area contributed by atoms with Crippen molar-refractivity contribution in [3.05, 3.63) is 35.7 Å². The van der Waals surface area contributed by atoms with Gasteiger partial charge in [0, 0.05) is 23.3 Å². The highest BCUT2D eigenvalue weighted by Gasteiger charge is 1.90. The van der Waals surface area contributed by atoms with Crippen molar-refractivity contribution < 1.29 is 4.79 Å². The number of nitrogens with zero attached hydrogens (tertiary/aromatic N) is 1. The lowest BCUT2D eigenvalue weighted by Crippen LogP contribution is -1.83. The van der Waals surface area contributed by atoms with E-state index in [0.29, 0.717) is 5.56 Å². The molecule has 1 heterocycles. The Morgan fingerprint density at radius 3 is 2.83 bits per heavy atom. The van der Waals surface area contributed by atoms with E-state index in [1.165, 1.54) is 0 Å². The van der Waals surface area contributed by atoms with Gasteiger partial charge in [0.05, 0.1) is 0 Å². The summed E-state index contributed by atoms with van der Waals surface area (Å²) in [5.74, 6) is 0. The molecule has 0 saturated carbocycles. The fourth-order valence-electron chi connectivity index (χ4n) is 0.813. The standard InChI is InChI=1S/C9H8BrNO/c10-3-1-2-8-4-9(7-12)6-11-5-8/h1-2,4-7H,3H2. The van der Waals surface area contributed by atoms with Gasteiger partial charge in [0.1, 0.15) is 0 Å². The van der Waals surface area contributed by atoms with Crippen molar-refractivity contribution in [3.8, 4) is 0 Å². The van der Waals surface area contributed by atoms with Gasteiger partial charge in [-0.3, -0.25) is 9.78 Å². The Bertz CT molecular complexity index is 296. The molecule has 1 aromatic rings. The average Bonchev–Trinajstić information content (AvgIpc) is 2.15. The summed E-state index contributed by atoms with van der Waals surface area (Å²) >= 11 is 3.27. The van der Waals surface area contributed by atoms with Crippen LogP contribution in [0.15, 0.2) is 24.5 Å². The van der Waals surface area contributed by atoms with E-state index in [1.807, 2.05) is 12.2 Å². The van der Waals surface area contributed by atoms with Crippen LogP contribution in [0.2, 0.25) is 0 Å². The number of hydrogen-bond donors (Lipinski definition) is 0. The Kier molecular flexibility index (Phi) is 3.67. The molecule has 0 bridgehead atoms. The molecule has 12 heavy (non-hydrogen) atoms. The van der Waals surface area contributed by atoms with Crippen LogP contribution < -0.4 is 0 Å². The van der Waals surface area contributed by atoms with Crippen LogP contribution in [-0.2, 0) is 0 Å². The fraction of sp³-hybridized carbons (Fsp3) is 0.111. The number of carbonyl (C=O) groups is 1. The van der Waals surface area contributed by atoms with E-state index in [1.54, 1.807) is 18.5 Å². The molecule has 0 saturated heterocycles. The second kappa shape index (κ2) is 4.83. The molecule has 0 fully saturated rings. The molecule has 0 aliphatic carbocycles. The number of pyridine rings is 1. The molecule has 0 N–H and O–H groups in total. The Morgan fingerprint density at radius 2 is 2.17 bits per heavy atom. The zero-order valence-corrected chi connectivity index (χ0v) is 7.99. The molecule has 1 aromatic heterocycles. The predicted molar refractivity (Wildman–Crippen MR) is 52.5 cm³/mol. The summed E-state index contributed by atoms with van der Waals surface area (Å²) in [5, 5.41) is 0.804. The van der Waals surface area contributed by atoms with Crippen molar-refractivity contribution in [2.24, 2.45) is 0 Å². The summed E-state index contributed by atoms with van der Waals surface area (Å²) in [6, 6.07) is 1.79. The van der Waals surface area contributed by atoms with E-state index < -0.39 is 0 Å². The van der Waals surface area contributed by atoms with Crippen LogP contribution in [-0.4, -0.2) is 16.6 Å². The molecule has 3 heteroatoms. The Hall–Kier alpha value is -0.960. The predicted octanol–water partition coefficient (Wildman–Crippen LogP) is 2.30. The third-order valence-electron chi connectivity index (χ3n) is 1.32. The fourth-order valence-corrected chi connectivity index (χ4v) is 1.000. The van der Waals surface area contributed by atoms with Crippen LogP contribution in [0.1, 0.15) is 15.9 Å². The first kappa shape index (κ1) is 9.13. The molecule has 0 atom stereocenters. The number of carbonyl (C=O) groups excluding carboxylic acids is 1. The van der Waals surface area contributed by atoms with Crippen molar-refractivity contribution in [2.45, 2.75) is 0 Å². The number of aldehydes is 1. The van der Waals surface area contributed by atoms with E-state index in [-0.39, 0.29) is 0 Å². The van der Waals surface area contributed by atoms with E-state index in [9.17, 15) is 4.79 Å². The van der Waals surface area contributed by atoms with Crippen molar-refractivity contribution in [1.82, 2.24) is 4.98 Å². The zero-order chi connectivity index (χ0) is 8.81. The second-order valence-corrected chi connectivity index (χ2v) is 2.87. The minimum Gasteiger partial charge on any atom is -0.298 e. The monoisotopic (exact) mass is 225 g/mol. The van der Waals surface area contributed by atoms with E-state index >= 15 is 0 Å². The molecule has 0 aliphatic heterocycles. The van der Waals surface area contributed by atoms with Gasteiger partial charge in [-0.05, 0) is 11.6 Å². The Morgan fingerprint density at radius 1 is 1.42 bits per heavy atom. The largest absolute Gasteiger partial charge is 0.298 e. The van der Waals surface area contributed by atoms with Gasteiger partial charge in [0.2, 0.25) is 0 Å². The molecule has 0 radical (unpaired) electrons. The summed E-state index contributed by atoms with van der Waals surface area (Å²) < 4.78 is 0. The summed E-state index contributed by atoms with van der Waals surface area (Å²) in [6.07, 6.45) is 7.91. The SMILES string of the molecule is O=Cc1cncc(C=CCBr)c1. The van der Waals surface area contributed by atoms with Gasteiger partial charge in [-0.25, -0.2) is 0 Å². The summed E-state index contributed by atoms with van der Waals surface area (Å²) in [5.41, 5.74) is 1.55. The van der Waals surface area contributed by atoms with Crippen LogP contribution in [0, 0.1) is 0 Å². The minimum atomic E-state index is 0.603. The summed E-state index contributed by atoms with van der Waals surface area (Å²) in [7, 11) is 0. The number of alkyl halides is 1. The van der Waals surface area contributed by atoms with Crippen molar-refractivity contribution in [1.29, 1.82) is 0 Å². The quantitative estimate of drug-likeness (QED) is 0.584. The number of aromatic nitrogens is 1. The first-order valence-corrected chi connectivity index (χ1v) is 4.61. The molecule has 0 aliphatic rings. The van der Waals surface area contributed by atoms with Crippen molar-refractivity contribution in [3.63, 3.8) is 0 Å². The van der Waals surface area contributed by atoms with Crippen LogP contribution in [0.4, 0.5) is 0 Å². The maximum Gasteiger partial charge on any atom is 0.151 e. The minimum absolute atomic E-state index is 0.603. The molecule has 62 valence electrons. The molecular formula is C9H8BrNO. The van der Waals surface area contributed by atoms with Crippen LogP contribution in [0.3, 0.4) is 0 Å². The van der Waals surface area contributed by atoms with Gasteiger partial charge in [-0.15, -0.1) is 0 Å². The van der Waals surface area contributed by atoms with E-state index in [4.69, 9.17) is 0 Å². The van der Waals surface area contributed by atoms with Crippen molar-refractivity contribution >= 4 is 28.3 Å². The third-order valence-corrected chi connectivity index (χ3v) is 1.69. The van der Waals surface area contributed by atoms with Crippen LogP contribution in [0.5, 0.6) is 0 Å². The molecule has 1 rings (SSSR count). The second-order valence-electron chi connectivity index (χ2n) is 2.23. The highest BCUT2D eigenvalue weighted by atomic mass is 79.9. The van der Waals surface area contributed by atoms with Gasteiger partial charge >= 0.3 is 0 Å². The number of rotatable bonds is 3. The van der Waals surface area contributed by atoms with E-state index in [2.05, 4.69) is 20.9 Å². The van der Waals surface area contributed by atoms with Gasteiger partial charge in [0.25, 0.3) is 0 Å². The Labute approximate surface area is 79.5 Å². The number of halogens is 1. The third kappa shape index (κ3) is 2.58. The van der Waals surface area contributed by atoms with Gasteiger partial charge in [-0.1, -0.05) is 28.1 Å². The molecule has 0 spiro atoms. The lowest BCUT2D eigenvalue weighted by Gasteiger charge is -1.92. The van der Waals surface area contributed by atoms with Gasteiger partial charge in [0.15, 0.2) is 6.29 Å². The maximum absolute atomic E-state index is 10.4. The van der Waals surface area contributed by atoms with Crippen LogP contribution in [0.25, 0.3) is 6.08 Å². The molecule has 2 nitrogen and oxygen atoms in total. The Balaban J connectivity index is 2.86. The lowest BCUT2D eigenvalue weighted by molar-refractivity contribution is 0.112. The van der Waals surface area contributed by atoms with Crippen molar-refractivity contribution in [2.75, 3.05) is 5.33 Å². The van der Waals surface area contributed by atoms with E-state index in [0.717, 1.165) is 17.2 Å². The average molecular weight is 226 g/mol. The first-order chi connectivity index (χ1) is 5.86. The highest BCUT2D eigenvalue weighted by Crippen LogP contribution is 2.02. The van der Waals surface area contributed by atoms with Gasteiger partial charge < -0.3 is 0 Å². The highest BCUT2D eigenvalue weighted by molar-refractivity contribution is 9.09. The first-order valence-electron chi connectivity index (χ1n) is 3.49. The lowest BCUT2D eigenvalue weighted by atomic mass is 10.2. The molecule has 0 aromatic carbocycles. The molecule has 0 unspecified atom stereocenters. The number of hydrogen-bond acceptors (Lipinski definition) is 2. The number of allylic oxidation sites excluding steroid dienone is 1. The normalized spacial score (nSPS) is 10.4. The molecular weight excluding hydrogens is 218 g/mol. The topological polar surface area (TPSA) is 30.0 Å². The zero-order valence-electron chi connectivity index (χ0n) is 6.40. The summed E-state index contributed by atoms with van der Waals surface area (Å²) in [6.45, 7) is 0. The molecule has 0 amide bonds. The summed E-state index contributed by atoms with van der Waals surface area (Å²) in [4.78, 5) is 14.3. The maximum atomic E-state index is 10.4.